The highest BCUT2D eigenvalue weighted by Crippen LogP contribution is 2.37. The number of halogens is 3. The zero-order chi connectivity index (χ0) is 20.4. The average molecular weight is 576 g/mol. The SMILES string of the molecule is COC(=O)c1c(-c2cc(Cl)cc(I)c2Br)nn(-c2ccccc2)c1C(=O)OC. The van der Waals surface area contributed by atoms with Crippen molar-refractivity contribution in [3.05, 3.63) is 66.8 Å². The largest absolute Gasteiger partial charge is 0.465 e. The normalized spacial score (nSPS) is 10.6. The van der Waals surface area contributed by atoms with Crippen molar-refractivity contribution in [1.29, 1.82) is 0 Å². The fraction of sp³-hybridized carbons (Fsp3) is 0.105. The number of para-hydroxylation sites is 1. The first-order valence-electron chi connectivity index (χ1n) is 7.89. The number of aromatic nitrogens is 2. The van der Waals surface area contributed by atoms with Gasteiger partial charge in [-0.2, -0.15) is 5.10 Å². The Kier molecular flexibility index (Phi) is 6.41. The summed E-state index contributed by atoms with van der Waals surface area (Å²) >= 11 is 11.9. The van der Waals surface area contributed by atoms with Gasteiger partial charge in [-0.05, 0) is 62.8 Å². The lowest BCUT2D eigenvalue weighted by Crippen LogP contribution is -2.15. The van der Waals surface area contributed by atoms with Gasteiger partial charge in [-0.3, -0.25) is 0 Å². The Hall–Kier alpha value is -1.91. The Morgan fingerprint density at radius 3 is 2.36 bits per heavy atom. The Bertz CT molecular complexity index is 1070. The van der Waals surface area contributed by atoms with Gasteiger partial charge >= 0.3 is 11.9 Å². The first kappa shape index (κ1) is 20.8. The van der Waals surface area contributed by atoms with Crippen LogP contribution in [0.25, 0.3) is 16.9 Å². The van der Waals surface area contributed by atoms with Gasteiger partial charge in [-0.25, -0.2) is 14.3 Å². The maximum absolute atomic E-state index is 12.6. The number of rotatable bonds is 4. The third-order valence-corrected chi connectivity index (χ3v) is 6.57. The van der Waals surface area contributed by atoms with E-state index in [-0.39, 0.29) is 17.0 Å². The van der Waals surface area contributed by atoms with E-state index in [0.29, 0.717) is 20.7 Å². The number of hydrogen-bond acceptors (Lipinski definition) is 5. The Morgan fingerprint density at radius 1 is 1.11 bits per heavy atom. The summed E-state index contributed by atoms with van der Waals surface area (Å²) < 4.78 is 12.7. The highest BCUT2D eigenvalue weighted by molar-refractivity contribution is 14.1. The van der Waals surface area contributed by atoms with Crippen LogP contribution < -0.4 is 0 Å². The van der Waals surface area contributed by atoms with Gasteiger partial charge in [0.25, 0.3) is 0 Å². The second-order valence-electron chi connectivity index (χ2n) is 5.55. The van der Waals surface area contributed by atoms with Crippen LogP contribution in [-0.2, 0) is 9.47 Å². The highest BCUT2D eigenvalue weighted by atomic mass is 127. The quantitative estimate of drug-likeness (QED) is 0.245. The molecule has 0 aliphatic carbocycles. The molecule has 0 amide bonds. The number of nitrogens with zero attached hydrogens (tertiary/aromatic N) is 2. The van der Waals surface area contributed by atoms with Crippen LogP contribution in [0.4, 0.5) is 0 Å². The van der Waals surface area contributed by atoms with Gasteiger partial charge < -0.3 is 9.47 Å². The van der Waals surface area contributed by atoms with Crippen LogP contribution in [0.5, 0.6) is 0 Å². The van der Waals surface area contributed by atoms with Gasteiger partial charge in [-0.15, -0.1) is 0 Å². The zero-order valence-electron chi connectivity index (χ0n) is 14.7. The molecule has 6 nitrogen and oxygen atoms in total. The molecule has 0 spiro atoms. The summed E-state index contributed by atoms with van der Waals surface area (Å²) in [5, 5.41) is 5.02. The molecule has 9 heteroatoms. The average Bonchev–Trinajstić information content (AvgIpc) is 3.10. The number of ether oxygens (including phenoxy) is 2. The molecule has 0 N–H and O–H groups in total. The molecule has 144 valence electrons. The molecular weight excluding hydrogens is 562 g/mol. The van der Waals surface area contributed by atoms with Crippen LogP contribution in [0.1, 0.15) is 20.8 Å². The second-order valence-corrected chi connectivity index (χ2v) is 7.94. The molecule has 0 bridgehead atoms. The lowest BCUT2D eigenvalue weighted by atomic mass is 10.1. The molecular formula is C19H13BrClIN2O4. The molecule has 0 aliphatic heterocycles. The fourth-order valence-electron chi connectivity index (χ4n) is 2.67. The molecule has 0 atom stereocenters. The number of methoxy groups -OCH3 is 2. The van der Waals surface area contributed by atoms with Gasteiger partial charge in [0, 0.05) is 18.6 Å². The molecule has 28 heavy (non-hydrogen) atoms. The smallest absolute Gasteiger partial charge is 0.357 e. The molecule has 0 aliphatic rings. The molecule has 0 unspecified atom stereocenters. The monoisotopic (exact) mass is 574 g/mol. The maximum atomic E-state index is 12.6. The molecule has 0 radical (unpaired) electrons. The summed E-state index contributed by atoms with van der Waals surface area (Å²) in [5.74, 6) is -1.42. The van der Waals surface area contributed by atoms with Gasteiger partial charge in [0.2, 0.25) is 0 Å². The third-order valence-electron chi connectivity index (χ3n) is 3.90. The lowest BCUT2D eigenvalue weighted by molar-refractivity contribution is 0.0549. The molecule has 0 saturated heterocycles. The van der Waals surface area contributed by atoms with E-state index in [1.54, 1.807) is 36.4 Å². The number of benzene rings is 2. The van der Waals surface area contributed by atoms with Gasteiger partial charge in [-0.1, -0.05) is 29.8 Å². The minimum Gasteiger partial charge on any atom is -0.465 e. The van der Waals surface area contributed by atoms with E-state index in [1.165, 1.54) is 18.9 Å². The van der Waals surface area contributed by atoms with Crippen LogP contribution >= 0.6 is 50.1 Å². The summed E-state index contributed by atoms with van der Waals surface area (Å²) in [5.41, 5.74) is 1.36. The molecule has 3 aromatic rings. The van der Waals surface area contributed by atoms with E-state index < -0.39 is 11.9 Å². The summed E-state index contributed by atoms with van der Waals surface area (Å²) in [6, 6.07) is 12.4. The van der Waals surface area contributed by atoms with Crippen LogP contribution in [-0.4, -0.2) is 35.9 Å². The van der Waals surface area contributed by atoms with Gasteiger partial charge in [0.15, 0.2) is 5.69 Å². The van der Waals surface area contributed by atoms with E-state index in [4.69, 9.17) is 21.1 Å². The summed E-state index contributed by atoms with van der Waals surface area (Å²) in [4.78, 5) is 25.2. The predicted octanol–water partition coefficient (Wildman–Crippen LogP) is 5.13. The molecule has 1 aromatic heterocycles. The van der Waals surface area contributed by atoms with Crippen LogP contribution in [0.2, 0.25) is 5.02 Å². The van der Waals surface area contributed by atoms with Crippen molar-refractivity contribution in [2.45, 2.75) is 0 Å². The summed E-state index contributed by atoms with van der Waals surface area (Å²) in [6.45, 7) is 0. The molecule has 0 fully saturated rings. The molecule has 3 rings (SSSR count). The van der Waals surface area contributed by atoms with E-state index in [9.17, 15) is 9.59 Å². The Balaban J connectivity index is 2.43. The zero-order valence-corrected chi connectivity index (χ0v) is 19.2. The number of carbonyl (C=O) groups is 2. The van der Waals surface area contributed by atoms with Crippen molar-refractivity contribution in [2.75, 3.05) is 14.2 Å². The second kappa shape index (κ2) is 8.62. The van der Waals surface area contributed by atoms with Crippen molar-refractivity contribution in [3.8, 4) is 16.9 Å². The minimum absolute atomic E-state index is 0.00281. The topological polar surface area (TPSA) is 70.4 Å². The molecule has 1 heterocycles. The first-order chi connectivity index (χ1) is 13.4. The van der Waals surface area contributed by atoms with Crippen molar-refractivity contribution in [1.82, 2.24) is 9.78 Å². The Labute approximate surface area is 188 Å². The van der Waals surface area contributed by atoms with Crippen molar-refractivity contribution < 1.29 is 19.1 Å². The predicted molar refractivity (Wildman–Crippen MR) is 117 cm³/mol. The summed E-state index contributed by atoms with van der Waals surface area (Å²) in [7, 11) is 2.48. The number of esters is 2. The van der Waals surface area contributed by atoms with Crippen LogP contribution in [0, 0.1) is 3.57 Å². The van der Waals surface area contributed by atoms with Crippen molar-refractivity contribution in [2.24, 2.45) is 0 Å². The van der Waals surface area contributed by atoms with E-state index in [2.05, 4.69) is 43.6 Å². The third kappa shape index (κ3) is 3.81. The van der Waals surface area contributed by atoms with Crippen LogP contribution in [0.3, 0.4) is 0 Å². The molecule has 2 aromatic carbocycles. The van der Waals surface area contributed by atoms with Crippen LogP contribution in [0.15, 0.2) is 46.9 Å². The standard InChI is InChI=1S/C19H13BrClIN2O4/c1-27-18(25)14-16(12-8-10(21)9-13(22)15(12)20)23-24(17(14)19(26)28-2)11-6-4-3-5-7-11/h3-9H,1-2H3. The number of hydrogen-bond donors (Lipinski definition) is 0. The van der Waals surface area contributed by atoms with Crippen molar-refractivity contribution in [3.63, 3.8) is 0 Å². The lowest BCUT2D eigenvalue weighted by Gasteiger charge is -2.08. The highest BCUT2D eigenvalue weighted by Gasteiger charge is 2.32. The maximum Gasteiger partial charge on any atom is 0.357 e. The summed E-state index contributed by atoms with van der Waals surface area (Å²) in [6.07, 6.45) is 0. The van der Waals surface area contributed by atoms with Gasteiger partial charge in [0.1, 0.15) is 11.3 Å². The first-order valence-corrected chi connectivity index (χ1v) is 10.1. The fourth-order valence-corrected chi connectivity index (χ4v) is 4.12. The Morgan fingerprint density at radius 2 is 1.75 bits per heavy atom. The van der Waals surface area contributed by atoms with E-state index in [1.807, 2.05) is 6.07 Å². The van der Waals surface area contributed by atoms with Gasteiger partial charge in [0.05, 0.1) is 19.9 Å². The van der Waals surface area contributed by atoms with Crippen molar-refractivity contribution >= 4 is 62.1 Å². The number of carbonyl (C=O) groups excluding carboxylic acids is 2. The molecule has 0 saturated carbocycles. The van der Waals surface area contributed by atoms with E-state index >= 15 is 0 Å². The minimum atomic E-state index is -0.712. The van der Waals surface area contributed by atoms with E-state index in [0.717, 1.165) is 3.57 Å².